The lowest BCUT2D eigenvalue weighted by molar-refractivity contribution is -0.384. The van der Waals surface area contributed by atoms with E-state index in [1.54, 1.807) is 24.5 Å². The first kappa shape index (κ1) is 15.3. The molecule has 24 heavy (non-hydrogen) atoms. The number of pyridine rings is 1. The Balaban J connectivity index is 2.10. The Labute approximate surface area is 136 Å². The Kier molecular flexibility index (Phi) is 4.02. The van der Waals surface area contributed by atoms with Crippen molar-refractivity contribution in [2.24, 2.45) is 0 Å². The van der Waals surface area contributed by atoms with E-state index in [2.05, 4.69) is 10.1 Å². The van der Waals surface area contributed by atoms with Gasteiger partial charge in [-0.25, -0.2) is 9.48 Å². The quantitative estimate of drug-likeness (QED) is 0.415. The molecule has 0 radical (unpaired) electrons. The van der Waals surface area contributed by atoms with Gasteiger partial charge in [-0.15, -0.1) is 0 Å². The van der Waals surface area contributed by atoms with Gasteiger partial charge in [-0.1, -0.05) is 0 Å². The van der Waals surface area contributed by atoms with Gasteiger partial charge in [0.25, 0.3) is 5.69 Å². The van der Waals surface area contributed by atoms with Crippen LogP contribution in [0.15, 0.2) is 54.9 Å². The van der Waals surface area contributed by atoms with Crippen molar-refractivity contribution in [2.45, 2.75) is 0 Å². The lowest BCUT2D eigenvalue weighted by Crippen LogP contribution is -2.10. The van der Waals surface area contributed by atoms with Crippen LogP contribution < -0.4 is 0 Å². The molecule has 2 aromatic heterocycles. The summed E-state index contributed by atoms with van der Waals surface area (Å²) in [4.78, 5) is 26.3. The summed E-state index contributed by atoms with van der Waals surface area (Å²) in [5.74, 6) is -0.559. The molecule has 0 spiro atoms. The molecule has 0 N–H and O–H groups in total. The van der Waals surface area contributed by atoms with Crippen LogP contribution in [-0.2, 0) is 4.74 Å². The highest BCUT2D eigenvalue weighted by molar-refractivity contribution is 5.89. The molecule has 0 bridgehead atoms. The van der Waals surface area contributed by atoms with Crippen molar-refractivity contribution in [1.82, 2.24) is 14.8 Å². The summed E-state index contributed by atoms with van der Waals surface area (Å²) >= 11 is 0. The molecular weight excluding hydrogens is 312 g/mol. The number of hydrogen-bond donors (Lipinski definition) is 0. The van der Waals surface area contributed by atoms with E-state index in [0.717, 1.165) is 5.56 Å². The summed E-state index contributed by atoms with van der Waals surface area (Å²) < 4.78 is 6.17. The summed E-state index contributed by atoms with van der Waals surface area (Å²) in [6.07, 6.45) is 3.27. The highest BCUT2D eigenvalue weighted by atomic mass is 16.6. The first-order valence-electron chi connectivity index (χ1n) is 6.94. The fourth-order valence-electron chi connectivity index (χ4n) is 2.20. The summed E-state index contributed by atoms with van der Waals surface area (Å²) in [7, 11) is 1.28. The van der Waals surface area contributed by atoms with Gasteiger partial charge in [-0.05, 0) is 30.3 Å². The van der Waals surface area contributed by atoms with E-state index >= 15 is 0 Å². The van der Waals surface area contributed by atoms with Crippen molar-refractivity contribution in [1.29, 1.82) is 0 Å². The second-order valence-electron chi connectivity index (χ2n) is 4.83. The Hall–Kier alpha value is -3.55. The Morgan fingerprint density at radius 2 is 2.00 bits per heavy atom. The van der Waals surface area contributed by atoms with Gasteiger partial charge in [-0.3, -0.25) is 15.1 Å². The maximum Gasteiger partial charge on any atom is 0.356 e. The van der Waals surface area contributed by atoms with E-state index in [4.69, 9.17) is 4.74 Å². The SMILES string of the molecule is COC(=O)c1cc(-c2cccnc2)nn1-c1ccc([N+](=O)[O-])cc1. The number of carbonyl (C=O) groups is 1. The van der Waals surface area contributed by atoms with Crippen LogP contribution >= 0.6 is 0 Å². The van der Waals surface area contributed by atoms with Crippen molar-refractivity contribution >= 4 is 11.7 Å². The van der Waals surface area contributed by atoms with Crippen LogP contribution in [0.4, 0.5) is 5.69 Å². The number of ether oxygens (including phenoxy) is 1. The summed E-state index contributed by atoms with van der Waals surface area (Å²) in [6.45, 7) is 0. The number of aromatic nitrogens is 3. The molecule has 0 amide bonds. The van der Waals surface area contributed by atoms with Crippen LogP contribution in [0.1, 0.15) is 10.5 Å². The molecule has 0 aliphatic heterocycles. The number of rotatable bonds is 4. The maximum absolute atomic E-state index is 12.0. The molecular formula is C16H12N4O4. The van der Waals surface area contributed by atoms with Gasteiger partial charge in [0, 0.05) is 30.1 Å². The highest BCUT2D eigenvalue weighted by Crippen LogP contribution is 2.22. The van der Waals surface area contributed by atoms with Crippen molar-refractivity contribution in [2.75, 3.05) is 7.11 Å². The largest absolute Gasteiger partial charge is 0.464 e. The van der Waals surface area contributed by atoms with E-state index < -0.39 is 10.9 Å². The third kappa shape index (κ3) is 2.84. The van der Waals surface area contributed by atoms with Crippen LogP contribution in [0.3, 0.4) is 0 Å². The van der Waals surface area contributed by atoms with Crippen LogP contribution in [-0.4, -0.2) is 32.8 Å². The molecule has 0 saturated carbocycles. The zero-order valence-electron chi connectivity index (χ0n) is 12.6. The number of nitrogens with zero attached hydrogens (tertiary/aromatic N) is 4. The van der Waals surface area contributed by atoms with E-state index in [1.165, 1.54) is 36.1 Å². The minimum Gasteiger partial charge on any atom is -0.464 e. The van der Waals surface area contributed by atoms with E-state index in [0.29, 0.717) is 11.4 Å². The molecule has 0 saturated heterocycles. The Morgan fingerprint density at radius 1 is 1.25 bits per heavy atom. The van der Waals surface area contributed by atoms with Crippen molar-refractivity contribution in [3.05, 3.63) is 70.7 Å². The lowest BCUT2D eigenvalue weighted by atomic mass is 10.2. The summed E-state index contributed by atoms with van der Waals surface area (Å²) in [6, 6.07) is 10.9. The van der Waals surface area contributed by atoms with Gasteiger partial charge in [0.05, 0.1) is 23.4 Å². The van der Waals surface area contributed by atoms with E-state index in [-0.39, 0.29) is 11.4 Å². The molecule has 0 atom stereocenters. The molecule has 8 heteroatoms. The molecule has 0 aliphatic rings. The average molecular weight is 324 g/mol. The molecule has 1 aromatic carbocycles. The van der Waals surface area contributed by atoms with Gasteiger partial charge >= 0.3 is 5.97 Å². The Morgan fingerprint density at radius 3 is 2.58 bits per heavy atom. The van der Waals surface area contributed by atoms with Crippen molar-refractivity contribution in [3.63, 3.8) is 0 Å². The average Bonchev–Trinajstić information content (AvgIpc) is 3.07. The van der Waals surface area contributed by atoms with Crippen LogP contribution in [0.2, 0.25) is 0 Å². The zero-order chi connectivity index (χ0) is 17.1. The number of nitro groups is 1. The standard InChI is InChI=1S/C16H12N4O4/c1-24-16(21)15-9-14(11-3-2-8-17-10-11)18-19(15)12-4-6-13(7-5-12)20(22)23/h2-10H,1H3. The van der Waals surface area contributed by atoms with Gasteiger partial charge in [0.15, 0.2) is 5.69 Å². The molecule has 0 fully saturated rings. The minimum absolute atomic E-state index is 0.0435. The molecule has 3 aromatic rings. The molecule has 2 heterocycles. The molecule has 120 valence electrons. The zero-order valence-corrected chi connectivity index (χ0v) is 12.6. The third-order valence-corrected chi connectivity index (χ3v) is 3.37. The van der Waals surface area contributed by atoms with Gasteiger partial charge < -0.3 is 4.74 Å². The number of hydrogen-bond acceptors (Lipinski definition) is 6. The maximum atomic E-state index is 12.0. The van der Waals surface area contributed by atoms with Gasteiger partial charge in [0.1, 0.15) is 0 Å². The van der Waals surface area contributed by atoms with Crippen LogP contribution in [0.5, 0.6) is 0 Å². The lowest BCUT2D eigenvalue weighted by Gasteiger charge is -2.05. The smallest absolute Gasteiger partial charge is 0.356 e. The predicted molar refractivity (Wildman–Crippen MR) is 84.8 cm³/mol. The summed E-state index contributed by atoms with van der Waals surface area (Å²) in [5.41, 5.74) is 1.96. The predicted octanol–water partition coefficient (Wildman–Crippen LogP) is 2.63. The molecule has 0 aliphatic carbocycles. The van der Waals surface area contributed by atoms with Crippen LogP contribution in [0.25, 0.3) is 16.9 Å². The monoisotopic (exact) mass is 324 g/mol. The molecule has 3 rings (SSSR count). The minimum atomic E-state index is -0.559. The second-order valence-corrected chi connectivity index (χ2v) is 4.83. The molecule has 8 nitrogen and oxygen atoms in total. The normalized spacial score (nSPS) is 10.4. The topological polar surface area (TPSA) is 100 Å². The fraction of sp³-hybridized carbons (Fsp3) is 0.0625. The van der Waals surface area contributed by atoms with Crippen LogP contribution in [0, 0.1) is 10.1 Å². The first-order chi connectivity index (χ1) is 11.6. The number of non-ortho nitro benzene ring substituents is 1. The third-order valence-electron chi connectivity index (χ3n) is 3.37. The number of methoxy groups -OCH3 is 1. The van der Waals surface area contributed by atoms with E-state index in [1.807, 2.05) is 6.07 Å². The van der Waals surface area contributed by atoms with Gasteiger partial charge in [-0.2, -0.15) is 5.10 Å². The summed E-state index contributed by atoms with van der Waals surface area (Å²) in [5, 5.41) is 15.2. The molecule has 0 unspecified atom stereocenters. The van der Waals surface area contributed by atoms with Gasteiger partial charge in [0.2, 0.25) is 0 Å². The van der Waals surface area contributed by atoms with Crippen molar-refractivity contribution < 1.29 is 14.5 Å². The second kappa shape index (κ2) is 6.29. The number of esters is 1. The van der Waals surface area contributed by atoms with E-state index in [9.17, 15) is 14.9 Å². The van der Waals surface area contributed by atoms with Crippen molar-refractivity contribution in [3.8, 4) is 16.9 Å². The first-order valence-corrected chi connectivity index (χ1v) is 6.94. The number of carbonyl (C=O) groups excluding carboxylic acids is 1. The highest BCUT2D eigenvalue weighted by Gasteiger charge is 2.18. The fourth-order valence-corrected chi connectivity index (χ4v) is 2.20. The number of benzene rings is 1. The number of nitro benzene ring substituents is 1. The Bertz CT molecular complexity index is 888.